The van der Waals surface area contributed by atoms with E-state index in [9.17, 15) is 0 Å². The monoisotopic (exact) mass is 769 g/mol. The van der Waals surface area contributed by atoms with Gasteiger partial charge in [0.15, 0.2) is 0 Å². The average molecular weight is 769 g/mol. The zero-order valence-corrected chi connectivity index (χ0v) is 35.9. The molecule has 0 N–H and O–H groups in total. The summed E-state index contributed by atoms with van der Waals surface area (Å²) in [5.74, 6) is 1.88. The molecule has 4 nitrogen and oxygen atoms in total. The summed E-state index contributed by atoms with van der Waals surface area (Å²) in [6.45, 7) is 6.16. The first-order chi connectivity index (χ1) is 27.3. The molecule has 0 fully saturated rings. The molecule has 0 saturated carbocycles. The Labute approximate surface area is 340 Å². The molecule has 0 unspecified atom stereocenters. The molecular formula is C50H76N2O2S. The Morgan fingerprint density at radius 1 is 0.345 bits per heavy atom. The highest BCUT2D eigenvalue weighted by Crippen LogP contribution is 2.35. The van der Waals surface area contributed by atoms with E-state index in [4.69, 9.17) is 18.2 Å². The van der Waals surface area contributed by atoms with Crippen LogP contribution in [0.15, 0.2) is 60.7 Å². The van der Waals surface area contributed by atoms with Crippen LogP contribution in [0, 0.1) is 0 Å². The summed E-state index contributed by atoms with van der Waals surface area (Å²) < 4.78 is 21.6. The van der Waals surface area contributed by atoms with Crippen LogP contribution in [-0.2, 0) is 0 Å². The average Bonchev–Trinajstić information content (AvgIpc) is 3.71. The first kappa shape index (κ1) is 44.8. The predicted octanol–water partition coefficient (Wildman–Crippen LogP) is 16.7. The van der Waals surface area contributed by atoms with Gasteiger partial charge < -0.3 is 9.47 Å². The molecule has 4 aromatic rings. The van der Waals surface area contributed by atoms with Gasteiger partial charge in [0.1, 0.15) is 22.5 Å². The van der Waals surface area contributed by atoms with Gasteiger partial charge in [-0.25, -0.2) is 0 Å². The van der Waals surface area contributed by atoms with Gasteiger partial charge >= 0.3 is 0 Å². The molecule has 4 rings (SSSR count). The fraction of sp³-hybridized carbons (Fsp3) is 0.640. The highest BCUT2D eigenvalue weighted by Gasteiger charge is 2.14. The number of fused-ring (bicyclic) bond motifs is 1. The number of unbranched alkanes of at least 4 members (excludes halogenated alkanes) is 26. The third kappa shape index (κ3) is 18.3. The van der Waals surface area contributed by atoms with E-state index in [1.165, 1.54) is 179 Å². The second-order valence-corrected chi connectivity index (χ2v) is 16.6. The van der Waals surface area contributed by atoms with Crippen molar-refractivity contribution in [3.05, 3.63) is 60.7 Å². The van der Waals surface area contributed by atoms with Gasteiger partial charge in [0.25, 0.3) is 0 Å². The lowest BCUT2D eigenvalue weighted by molar-refractivity contribution is 0.304. The van der Waals surface area contributed by atoms with Gasteiger partial charge in [-0.3, -0.25) is 0 Å². The zero-order chi connectivity index (χ0) is 38.4. The van der Waals surface area contributed by atoms with E-state index in [1.807, 2.05) is 0 Å². The van der Waals surface area contributed by atoms with Crippen molar-refractivity contribution >= 4 is 22.8 Å². The smallest absolute Gasteiger partial charge is 0.119 e. The Hall–Kier alpha value is -2.92. The van der Waals surface area contributed by atoms with Gasteiger partial charge in [-0.2, -0.15) is 8.75 Å². The lowest BCUT2D eigenvalue weighted by atomic mass is 9.98. The van der Waals surface area contributed by atoms with Crippen LogP contribution in [0.25, 0.3) is 33.3 Å². The number of hydrogen-bond donors (Lipinski definition) is 0. The molecule has 0 aliphatic heterocycles. The van der Waals surface area contributed by atoms with Gasteiger partial charge in [-0.1, -0.05) is 217 Å². The molecule has 3 aromatic carbocycles. The van der Waals surface area contributed by atoms with E-state index in [0.29, 0.717) is 0 Å². The van der Waals surface area contributed by atoms with Crippen LogP contribution in [0.1, 0.15) is 194 Å². The van der Waals surface area contributed by atoms with Crippen LogP contribution < -0.4 is 9.47 Å². The van der Waals surface area contributed by atoms with Crippen molar-refractivity contribution in [3.63, 3.8) is 0 Å². The summed E-state index contributed by atoms with van der Waals surface area (Å²) >= 11 is 1.28. The normalized spacial score (nSPS) is 11.5. The first-order valence-corrected chi connectivity index (χ1v) is 23.7. The number of rotatable bonds is 34. The molecule has 55 heavy (non-hydrogen) atoms. The number of benzene rings is 3. The second-order valence-electron chi connectivity index (χ2n) is 16.1. The Kier molecular flexibility index (Phi) is 23.9. The quantitative estimate of drug-likeness (QED) is 0.0444. The molecule has 0 amide bonds. The minimum Gasteiger partial charge on any atom is -0.494 e. The number of aromatic nitrogens is 2. The lowest BCUT2D eigenvalue weighted by Crippen LogP contribution is -1.97. The van der Waals surface area contributed by atoms with Crippen molar-refractivity contribution in [2.24, 2.45) is 0 Å². The van der Waals surface area contributed by atoms with Gasteiger partial charge in [-0.15, -0.1) is 0 Å². The molecule has 1 heterocycles. The molecule has 5 heteroatoms. The summed E-state index contributed by atoms with van der Waals surface area (Å²) in [4.78, 5) is 0. The summed E-state index contributed by atoms with van der Waals surface area (Å²) in [6.07, 6.45) is 38.4. The molecule has 1 aromatic heterocycles. The zero-order valence-electron chi connectivity index (χ0n) is 35.1. The summed E-state index contributed by atoms with van der Waals surface area (Å²) in [6, 6.07) is 21.3. The van der Waals surface area contributed by atoms with Crippen LogP contribution in [0.4, 0.5) is 0 Å². The highest BCUT2D eigenvalue weighted by atomic mass is 32.1. The number of ether oxygens (including phenoxy) is 2. The fourth-order valence-corrected chi connectivity index (χ4v) is 8.34. The maximum absolute atomic E-state index is 6.10. The maximum Gasteiger partial charge on any atom is 0.119 e. The molecular weight excluding hydrogens is 693 g/mol. The van der Waals surface area contributed by atoms with E-state index >= 15 is 0 Å². The van der Waals surface area contributed by atoms with Crippen molar-refractivity contribution in [3.8, 4) is 33.8 Å². The van der Waals surface area contributed by atoms with Crippen molar-refractivity contribution in [1.29, 1.82) is 0 Å². The molecule has 0 bridgehead atoms. The van der Waals surface area contributed by atoms with Gasteiger partial charge in [0, 0.05) is 11.1 Å². The standard InChI is InChI=1S/C50H76N2O2S/c1-3-5-7-9-11-13-15-17-19-21-23-25-27-29-41-53-45-35-31-43(32-36-45)47-39-40-48(50-49(47)51-55-52-50)44-33-37-46(38-34-44)54-42-30-28-26-24-22-20-18-16-14-12-10-8-6-4-2/h31-40H,3-30,41-42H2,1-2H3. The number of hydrogen-bond acceptors (Lipinski definition) is 5. The molecule has 0 aliphatic carbocycles. The minimum absolute atomic E-state index is 0.787. The van der Waals surface area contributed by atoms with Gasteiger partial charge in [0.2, 0.25) is 0 Å². The van der Waals surface area contributed by atoms with E-state index in [1.54, 1.807) is 0 Å². The third-order valence-electron chi connectivity index (χ3n) is 11.3. The largest absolute Gasteiger partial charge is 0.494 e. The van der Waals surface area contributed by atoms with E-state index in [0.717, 1.165) is 70.8 Å². The number of nitrogens with zero attached hydrogens (tertiary/aromatic N) is 2. The van der Waals surface area contributed by atoms with Gasteiger partial charge in [0.05, 0.1) is 24.9 Å². The molecule has 0 saturated heterocycles. The lowest BCUT2D eigenvalue weighted by Gasteiger charge is -2.10. The summed E-state index contributed by atoms with van der Waals surface area (Å²) in [5, 5.41) is 0. The Balaban J connectivity index is 1.07. The topological polar surface area (TPSA) is 44.2 Å². The Bertz CT molecular complexity index is 1390. The van der Waals surface area contributed by atoms with E-state index in [2.05, 4.69) is 74.5 Å². The third-order valence-corrected chi connectivity index (χ3v) is 11.8. The highest BCUT2D eigenvalue weighted by molar-refractivity contribution is 7.00. The second kappa shape index (κ2) is 29.3. The predicted molar refractivity (Wildman–Crippen MR) is 240 cm³/mol. The fourth-order valence-electron chi connectivity index (χ4n) is 7.77. The summed E-state index contributed by atoms with van der Waals surface area (Å²) in [7, 11) is 0. The van der Waals surface area contributed by atoms with Crippen LogP contribution in [0.5, 0.6) is 11.5 Å². The van der Waals surface area contributed by atoms with E-state index in [-0.39, 0.29) is 0 Å². The van der Waals surface area contributed by atoms with Crippen LogP contribution in [0.3, 0.4) is 0 Å². The molecule has 304 valence electrons. The Morgan fingerprint density at radius 2 is 0.618 bits per heavy atom. The van der Waals surface area contributed by atoms with Crippen LogP contribution >= 0.6 is 11.7 Å². The SMILES string of the molecule is CCCCCCCCCCCCCCCCOc1ccc(-c2ccc(-c3ccc(OCCCCCCCCCCCCCCCC)cc3)c3nsnc23)cc1. The van der Waals surface area contributed by atoms with Crippen molar-refractivity contribution < 1.29 is 9.47 Å². The van der Waals surface area contributed by atoms with Crippen LogP contribution in [-0.4, -0.2) is 22.0 Å². The van der Waals surface area contributed by atoms with Gasteiger partial charge in [-0.05, 0) is 48.2 Å². The van der Waals surface area contributed by atoms with Crippen molar-refractivity contribution in [1.82, 2.24) is 8.75 Å². The minimum atomic E-state index is 0.787. The van der Waals surface area contributed by atoms with Crippen LogP contribution in [0.2, 0.25) is 0 Å². The molecule has 0 aliphatic rings. The maximum atomic E-state index is 6.10. The molecule has 0 atom stereocenters. The summed E-state index contributed by atoms with van der Waals surface area (Å²) in [5.41, 5.74) is 6.41. The van der Waals surface area contributed by atoms with Crippen molar-refractivity contribution in [2.75, 3.05) is 13.2 Å². The molecule has 0 spiro atoms. The van der Waals surface area contributed by atoms with Crippen molar-refractivity contribution in [2.45, 2.75) is 194 Å². The Morgan fingerprint density at radius 3 is 0.909 bits per heavy atom. The first-order valence-electron chi connectivity index (χ1n) is 23.0. The molecule has 0 radical (unpaired) electrons. The van der Waals surface area contributed by atoms with E-state index < -0.39 is 0 Å².